The molecule has 6 nitrogen and oxygen atoms in total. The van der Waals surface area contributed by atoms with Gasteiger partial charge in [-0.05, 0) is 12.5 Å². The van der Waals surface area contributed by atoms with Crippen molar-refractivity contribution in [2.75, 3.05) is 19.6 Å². The summed E-state index contributed by atoms with van der Waals surface area (Å²) in [5, 5.41) is 26.9. The van der Waals surface area contributed by atoms with E-state index in [-0.39, 0.29) is 35.0 Å². The number of aliphatic hydroxyl groups excluding tert-OH is 1. The van der Waals surface area contributed by atoms with Crippen LogP contribution >= 0.6 is 12.4 Å². The molecule has 0 bridgehead atoms. The van der Waals surface area contributed by atoms with E-state index in [2.05, 4.69) is 10.6 Å². The maximum Gasteiger partial charge on any atom is 0.272 e. The summed E-state index contributed by atoms with van der Waals surface area (Å²) < 4.78 is 0. The summed E-state index contributed by atoms with van der Waals surface area (Å²) >= 11 is 0. The third-order valence-electron chi connectivity index (χ3n) is 3.51. The van der Waals surface area contributed by atoms with Gasteiger partial charge in [0.2, 0.25) is 0 Å². The fraction of sp³-hybridized carbons (Fsp3) is 0.538. The van der Waals surface area contributed by atoms with E-state index in [1.165, 1.54) is 0 Å². The number of hydrogen-bond acceptors (Lipinski definition) is 5. The Morgan fingerprint density at radius 3 is 2.85 bits per heavy atom. The molecular weight excluding hydrogens is 282 g/mol. The van der Waals surface area contributed by atoms with Crippen LogP contribution in [0.4, 0.5) is 5.69 Å². The van der Waals surface area contributed by atoms with Crippen molar-refractivity contribution in [2.45, 2.75) is 19.6 Å². The Labute approximate surface area is 124 Å². The molecule has 3 N–H and O–H groups in total. The van der Waals surface area contributed by atoms with E-state index < -0.39 is 0 Å². The number of nitro benzene ring substituents is 1. The summed E-state index contributed by atoms with van der Waals surface area (Å²) in [6, 6.07) is 5.26. The van der Waals surface area contributed by atoms with Crippen LogP contribution in [0.5, 0.6) is 0 Å². The Morgan fingerprint density at radius 2 is 2.25 bits per heavy atom. The summed E-state index contributed by atoms with van der Waals surface area (Å²) in [4.78, 5) is 10.5. The minimum Gasteiger partial charge on any atom is -0.391 e. The van der Waals surface area contributed by atoms with Gasteiger partial charge in [0.05, 0.1) is 11.0 Å². The van der Waals surface area contributed by atoms with E-state index in [4.69, 9.17) is 0 Å². The van der Waals surface area contributed by atoms with Crippen LogP contribution < -0.4 is 10.6 Å². The smallest absolute Gasteiger partial charge is 0.272 e. The van der Waals surface area contributed by atoms with Crippen LogP contribution in [-0.2, 0) is 6.54 Å². The molecule has 1 aliphatic rings. The molecule has 0 radical (unpaired) electrons. The summed E-state index contributed by atoms with van der Waals surface area (Å²) in [5.41, 5.74) is 1.71. The van der Waals surface area contributed by atoms with Crippen LogP contribution in [0.15, 0.2) is 18.2 Å². The van der Waals surface area contributed by atoms with Crippen molar-refractivity contribution >= 4 is 18.1 Å². The monoisotopic (exact) mass is 301 g/mol. The highest BCUT2D eigenvalue weighted by atomic mass is 35.5. The van der Waals surface area contributed by atoms with Gasteiger partial charge in [-0.15, -0.1) is 12.4 Å². The normalized spacial score (nSPS) is 21.5. The molecule has 0 amide bonds. The number of nitrogens with zero attached hydrogens (tertiary/aromatic N) is 1. The standard InChI is InChI=1S/C13H19N3O3.ClH/c1-9-2-3-10(4-12(9)16(18)19)5-14-6-11-7-15-8-13(11)17;/h2-4,11,13-15,17H,5-8H2,1H3;1H. The topological polar surface area (TPSA) is 87.4 Å². The number of aryl methyl sites for hydroxylation is 1. The number of benzene rings is 1. The number of aliphatic hydroxyl groups is 1. The van der Waals surface area contributed by atoms with Crippen molar-refractivity contribution in [3.63, 3.8) is 0 Å². The lowest BCUT2D eigenvalue weighted by atomic mass is 10.1. The quantitative estimate of drug-likeness (QED) is 0.558. The van der Waals surface area contributed by atoms with Crippen molar-refractivity contribution in [3.8, 4) is 0 Å². The Kier molecular flexibility index (Phi) is 6.35. The van der Waals surface area contributed by atoms with Crippen LogP contribution in [0.1, 0.15) is 11.1 Å². The first-order chi connectivity index (χ1) is 9.08. The lowest BCUT2D eigenvalue weighted by molar-refractivity contribution is -0.385. The molecule has 1 heterocycles. The molecule has 1 fully saturated rings. The van der Waals surface area contributed by atoms with Gasteiger partial charge in [0.1, 0.15) is 0 Å². The zero-order valence-electron chi connectivity index (χ0n) is 11.3. The van der Waals surface area contributed by atoms with Crippen LogP contribution in [0, 0.1) is 23.0 Å². The van der Waals surface area contributed by atoms with Gasteiger partial charge < -0.3 is 15.7 Å². The second-order valence-corrected chi connectivity index (χ2v) is 4.99. The van der Waals surface area contributed by atoms with Crippen molar-refractivity contribution < 1.29 is 10.0 Å². The molecule has 1 aromatic carbocycles. The van der Waals surface area contributed by atoms with E-state index in [0.29, 0.717) is 25.2 Å². The molecule has 0 aliphatic carbocycles. The Hall–Kier alpha value is -1.21. The minimum absolute atomic E-state index is 0. The van der Waals surface area contributed by atoms with Crippen LogP contribution in [0.2, 0.25) is 0 Å². The van der Waals surface area contributed by atoms with Crippen molar-refractivity contribution in [2.24, 2.45) is 5.92 Å². The SMILES string of the molecule is Cc1ccc(CNCC2CNCC2O)cc1[N+](=O)[O-].Cl. The lowest BCUT2D eigenvalue weighted by Crippen LogP contribution is -2.30. The molecule has 20 heavy (non-hydrogen) atoms. The average Bonchev–Trinajstić information content (AvgIpc) is 2.77. The predicted octanol–water partition coefficient (Wildman–Crippen LogP) is 0.995. The lowest BCUT2D eigenvalue weighted by Gasteiger charge is -2.14. The molecule has 0 spiro atoms. The van der Waals surface area contributed by atoms with Gasteiger partial charge in [-0.3, -0.25) is 10.1 Å². The molecule has 1 saturated heterocycles. The first-order valence-corrected chi connectivity index (χ1v) is 6.41. The maximum absolute atomic E-state index is 10.8. The van der Waals surface area contributed by atoms with Crippen LogP contribution in [0.25, 0.3) is 0 Å². The first kappa shape index (κ1) is 16.8. The second-order valence-electron chi connectivity index (χ2n) is 4.99. The summed E-state index contributed by atoms with van der Waals surface area (Å²) in [6.07, 6.45) is -0.306. The van der Waals surface area contributed by atoms with Gasteiger partial charge in [0, 0.05) is 43.7 Å². The molecule has 1 aromatic rings. The number of halogens is 1. The predicted molar refractivity (Wildman–Crippen MR) is 79.2 cm³/mol. The van der Waals surface area contributed by atoms with Crippen molar-refractivity contribution in [1.29, 1.82) is 0 Å². The molecule has 1 aliphatic heterocycles. The van der Waals surface area contributed by atoms with Gasteiger partial charge in [-0.2, -0.15) is 0 Å². The Bertz CT molecular complexity index is 470. The third kappa shape index (κ3) is 4.14. The molecule has 7 heteroatoms. The largest absolute Gasteiger partial charge is 0.391 e. The minimum atomic E-state index is -0.358. The van der Waals surface area contributed by atoms with Gasteiger partial charge in [-0.25, -0.2) is 0 Å². The highest BCUT2D eigenvalue weighted by Crippen LogP contribution is 2.19. The fourth-order valence-electron chi connectivity index (χ4n) is 2.29. The van der Waals surface area contributed by atoms with E-state index in [1.807, 2.05) is 6.07 Å². The third-order valence-corrected chi connectivity index (χ3v) is 3.51. The average molecular weight is 302 g/mol. The molecular formula is C13H20ClN3O3. The highest BCUT2D eigenvalue weighted by molar-refractivity contribution is 5.85. The second kappa shape index (κ2) is 7.54. The Balaban J connectivity index is 0.00000200. The molecule has 0 aromatic heterocycles. The van der Waals surface area contributed by atoms with Gasteiger partial charge in [0.15, 0.2) is 0 Å². The van der Waals surface area contributed by atoms with E-state index in [9.17, 15) is 15.2 Å². The number of rotatable bonds is 5. The first-order valence-electron chi connectivity index (χ1n) is 6.41. The maximum atomic E-state index is 10.8. The molecule has 2 unspecified atom stereocenters. The van der Waals surface area contributed by atoms with Crippen molar-refractivity contribution in [1.82, 2.24) is 10.6 Å². The Morgan fingerprint density at radius 1 is 1.50 bits per heavy atom. The summed E-state index contributed by atoms with van der Waals surface area (Å²) in [5.74, 6) is 0.209. The van der Waals surface area contributed by atoms with Gasteiger partial charge in [-0.1, -0.05) is 12.1 Å². The van der Waals surface area contributed by atoms with Gasteiger partial charge in [0.25, 0.3) is 5.69 Å². The van der Waals surface area contributed by atoms with Gasteiger partial charge >= 0.3 is 0 Å². The molecule has 2 rings (SSSR count). The highest BCUT2D eigenvalue weighted by Gasteiger charge is 2.24. The van der Waals surface area contributed by atoms with Crippen LogP contribution in [-0.4, -0.2) is 35.8 Å². The molecule has 112 valence electrons. The number of β-amino-alcohol motifs (C(OH)–C–C–N with tert-alkyl or cyclic N) is 1. The zero-order chi connectivity index (χ0) is 13.8. The fourth-order valence-corrected chi connectivity index (χ4v) is 2.29. The number of nitrogens with one attached hydrogen (secondary N) is 2. The summed E-state index contributed by atoms with van der Waals surface area (Å²) in [6.45, 7) is 4.46. The van der Waals surface area contributed by atoms with E-state index in [1.54, 1.807) is 19.1 Å². The van der Waals surface area contributed by atoms with E-state index in [0.717, 1.165) is 12.1 Å². The van der Waals surface area contributed by atoms with Crippen molar-refractivity contribution in [3.05, 3.63) is 39.4 Å². The molecule has 2 atom stereocenters. The number of nitro groups is 1. The number of hydrogen-bond donors (Lipinski definition) is 3. The zero-order valence-corrected chi connectivity index (χ0v) is 12.2. The van der Waals surface area contributed by atoms with Crippen LogP contribution in [0.3, 0.4) is 0 Å². The summed E-state index contributed by atoms with van der Waals surface area (Å²) in [7, 11) is 0. The molecule has 0 saturated carbocycles. The van der Waals surface area contributed by atoms with E-state index >= 15 is 0 Å².